The number of benzene rings is 1. The first-order chi connectivity index (χ1) is 14.4. The van der Waals surface area contributed by atoms with Crippen LogP contribution in [0.15, 0.2) is 40.1 Å². The number of carbonyl (C=O) groups is 2. The molecule has 0 aliphatic carbocycles. The molecule has 0 spiro atoms. The molecule has 4 rings (SSSR count). The van der Waals surface area contributed by atoms with Gasteiger partial charge in [0.2, 0.25) is 5.91 Å². The number of furan rings is 1. The molecule has 0 N–H and O–H groups in total. The highest BCUT2D eigenvalue weighted by molar-refractivity contribution is 7.13. The van der Waals surface area contributed by atoms with E-state index in [0.717, 1.165) is 22.9 Å². The minimum Gasteiger partial charge on any atom is -0.459 e. The molecule has 1 aliphatic heterocycles. The molecule has 0 bridgehead atoms. The van der Waals surface area contributed by atoms with E-state index in [1.165, 1.54) is 22.3 Å². The lowest BCUT2D eigenvalue weighted by molar-refractivity contribution is -0.132. The first-order valence-electron chi connectivity index (χ1n) is 9.44. The van der Waals surface area contributed by atoms with E-state index in [1.54, 1.807) is 4.90 Å². The lowest BCUT2D eigenvalue weighted by Gasteiger charge is -2.34. The molecule has 0 saturated carbocycles. The molecule has 1 aliphatic rings. The van der Waals surface area contributed by atoms with Crippen LogP contribution in [0.1, 0.15) is 21.8 Å². The number of hydrogen-bond donors (Lipinski definition) is 0. The van der Waals surface area contributed by atoms with Crippen molar-refractivity contribution in [2.24, 2.45) is 0 Å². The van der Waals surface area contributed by atoms with Crippen LogP contribution in [-0.4, -0.2) is 52.8 Å². The zero-order chi connectivity index (χ0) is 21.3. The Kier molecular flexibility index (Phi) is 5.63. The fourth-order valence-electron chi connectivity index (χ4n) is 3.29. The van der Waals surface area contributed by atoms with Crippen LogP contribution in [0.4, 0.5) is 8.78 Å². The lowest BCUT2D eigenvalue weighted by Crippen LogP contribution is -2.51. The van der Waals surface area contributed by atoms with Gasteiger partial charge in [-0.2, -0.15) is 0 Å². The maximum Gasteiger partial charge on any atom is 0.254 e. The molecule has 0 unspecified atom stereocenters. The number of amides is 2. The van der Waals surface area contributed by atoms with Gasteiger partial charge in [0.05, 0.1) is 12.1 Å². The van der Waals surface area contributed by atoms with Crippen LogP contribution in [0.2, 0.25) is 0 Å². The number of piperazine rings is 1. The maximum atomic E-state index is 13.4. The van der Waals surface area contributed by atoms with Gasteiger partial charge in [0.1, 0.15) is 5.76 Å². The predicted molar refractivity (Wildman–Crippen MR) is 107 cm³/mol. The highest BCUT2D eigenvalue weighted by Gasteiger charge is 2.26. The van der Waals surface area contributed by atoms with Gasteiger partial charge >= 0.3 is 0 Å². The van der Waals surface area contributed by atoms with E-state index >= 15 is 0 Å². The Morgan fingerprint density at radius 1 is 1.07 bits per heavy atom. The fraction of sp³-hybridized carbons (Fsp3) is 0.286. The minimum absolute atomic E-state index is 0.0672. The molecule has 1 aromatic carbocycles. The normalized spacial score (nSPS) is 14.2. The summed E-state index contributed by atoms with van der Waals surface area (Å²) in [5, 5.41) is 2.57. The van der Waals surface area contributed by atoms with E-state index < -0.39 is 11.6 Å². The molecule has 9 heteroatoms. The van der Waals surface area contributed by atoms with Crippen LogP contribution in [0.25, 0.3) is 10.8 Å². The topological polar surface area (TPSA) is 66.7 Å². The number of halogens is 2. The van der Waals surface area contributed by atoms with Gasteiger partial charge in [0.25, 0.3) is 5.91 Å². The van der Waals surface area contributed by atoms with Crippen molar-refractivity contribution >= 4 is 23.2 Å². The molecule has 1 saturated heterocycles. The number of carbonyl (C=O) groups excluding carboxylic acids is 2. The molecular formula is C21H19F2N3O3S. The average molecular weight is 431 g/mol. The monoisotopic (exact) mass is 431 g/mol. The SMILES string of the molecule is Cc1ccc(-c2nc(CC(=O)N3CCN(C(=O)c4ccc(F)c(F)c4)CC3)cs2)o1. The van der Waals surface area contributed by atoms with Gasteiger partial charge < -0.3 is 14.2 Å². The Morgan fingerprint density at radius 3 is 2.47 bits per heavy atom. The first kappa shape index (κ1) is 20.2. The van der Waals surface area contributed by atoms with Crippen LogP contribution in [0.5, 0.6) is 0 Å². The third kappa shape index (κ3) is 4.25. The smallest absolute Gasteiger partial charge is 0.254 e. The van der Waals surface area contributed by atoms with E-state index in [9.17, 15) is 18.4 Å². The van der Waals surface area contributed by atoms with E-state index in [4.69, 9.17) is 4.42 Å². The zero-order valence-electron chi connectivity index (χ0n) is 16.2. The number of rotatable bonds is 4. The van der Waals surface area contributed by atoms with Crippen molar-refractivity contribution in [2.75, 3.05) is 26.2 Å². The fourth-order valence-corrected chi connectivity index (χ4v) is 4.07. The van der Waals surface area contributed by atoms with Crippen molar-refractivity contribution in [3.05, 3.63) is 64.4 Å². The standard InChI is InChI=1S/C21H19F2N3O3S/c1-13-2-5-18(29-13)20-24-15(12-30-20)11-19(27)25-6-8-26(9-7-25)21(28)14-3-4-16(22)17(23)10-14/h2-5,10,12H,6-9,11H2,1H3. The summed E-state index contributed by atoms with van der Waals surface area (Å²) >= 11 is 1.42. The predicted octanol–water partition coefficient (Wildman–Crippen LogP) is 3.52. The Morgan fingerprint density at radius 2 is 1.80 bits per heavy atom. The van der Waals surface area contributed by atoms with Gasteiger partial charge in [-0.05, 0) is 37.3 Å². The quantitative estimate of drug-likeness (QED) is 0.634. The van der Waals surface area contributed by atoms with Crippen molar-refractivity contribution in [3.8, 4) is 10.8 Å². The van der Waals surface area contributed by atoms with E-state index in [-0.39, 0.29) is 23.8 Å². The molecule has 2 amide bonds. The van der Waals surface area contributed by atoms with Crippen molar-refractivity contribution in [3.63, 3.8) is 0 Å². The van der Waals surface area contributed by atoms with Gasteiger partial charge in [-0.3, -0.25) is 9.59 Å². The van der Waals surface area contributed by atoms with Crippen molar-refractivity contribution < 1.29 is 22.8 Å². The second-order valence-corrected chi connectivity index (χ2v) is 7.89. The van der Waals surface area contributed by atoms with Crippen molar-refractivity contribution in [2.45, 2.75) is 13.3 Å². The minimum atomic E-state index is -1.05. The highest BCUT2D eigenvalue weighted by Crippen LogP contribution is 2.26. The average Bonchev–Trinajstić information content (AvgIpc) is 3.38. The molecule has 0 radical (unpaired) electrons. The number of aromatic nitrogens is 1. The van der Waals surface area contributed by atoms with Crippen molar-refractivity contribution in [1.82, 2.24) is 14.8 Å². The van der Waals surface area contributed by atoms with Crippen molar-refractivity contribution in [1.29, 1.82) is 0 Å². The van der Waals surface area contributed by atoms with Gasteiger partial charge in [-0.1, -0.05) is 0 Å². The summed E-state index contributed by atoms with van der Waals surface area (Å²) in [6, 6.07) is 6.81. The Bertz CT molecular complexity index is 1090. The van der Waals surface area contributed by atoms with Gasteiger partial charge in [-0.15, -0.1) is 11.3 Å². The summed E-state index contributed by atoms with van der Waals surface area (Å²) in [7, 11) is 0. The van der Waals surface area contributed by atoms with Crippen LogP contribution in [0, 0.1) is 18.6 Å². The summed E-state index contributed by atoms with van der Waals surface area (Å²) in [5.74, 6) is -1.01. The van der Waals surface area contributed by atoms with E-state index in [1.807, 2.05) is 24.4 Å². The highest BCUT2D eigenvalue weighted by atomic mass is 32.1. The second-order valence-electron chi connectivity index (χ2n) is 7.03. The molecule has 156 valence electrons. The summed E-state index contributed by atoms with van der Waals surface area (Å²) < 4.78 is 32.0. The number of aryl methyl sites for hydroxylation is 1. The molecule has 0 atom stereocenters. The van der Waals surface area contributed by atoms with Crippen LogP contribution in [-0.2, 0) is 11.2 Å². The molecular weight excluding hydrogens is 412 g/mol. The van der Waals surface area contributed by atoms with Gasteiger partial charge in [0.15, 0.2) is 22.4 Å². The first-order valence-corrected chi connectivity index (χ1v) is 10.3. The second kappa shape index (κ2) is 8.35. The molecule has 1 fully saturated rings. The number of nitrogens with zero attached hydrogens (tertiary/aromatic N) is 3. The number of hydrogen-bond acceptors (Lipinski definition) is 5. The molecule has 3 aromatic rings. The molecule has 30 heavy (non-hydrogen) atoms. The van der Waals surface area contributed by atoms with Crippen LogP contribution >= 0.6 is 11.3 Å². The van der Waals surface area contributed by atoms with E-state index in [2.05, 4.69) is 4.98 Å². The van der Waals surface area contributed by atoms with Gasteiger partial charge in [0, 0.05) is 37.1 Å². The third-order valence-electron chi connectivity index (χ3n) is 4.92. The third-order valence-corrected chi connectivity index (χ3v) is 5.83. The van der Waals surface area contributed by atoms with Crippen LogP contribution < -0.4 is 0 Å². The number of thiazole rings is 1. The molecule has 6 nitrogen and oxygen atoms in total. The summed E-state index contributed by atoms with van der Waals surface area (Å²) in [5.41, 5.74) is 0.770. The summed E-state index contributed by atoms with van der Waals surface area (Å²) in [6.45, 7) is 3.28. The lowest BCUT2D eigenvalue weighted by atomic mass is 10.1. The molecule has 3 heterocycles. The Hall–Kier alpha value is -3.07. The van der Waals surface area contributed by atoms with Crippen LogP contribution in [0.3, 0.4) is 0 Å². The van der Waals surface area contributed by atoms with E-state index in [0.29, 0.717) is 37.6 Å². The summed E-state index contributed by atoms with van der Waals surface area (Å²) in [6.07, 6.45) is 0.174. The largest absolute Gasteiger partial charge is 0.459 e. The Labute approximate surface area is 175 Å². The summed E-state index contributed by atoms with van der Waals surface area (Å²) in [4.78, 5) is 32.8. The van der Waals surface area contributed by atoms with Gasteiger partial charge in [-0.25, -0.2) is 13.8 Å². The maximum absolute atomic E-state index is 13.4. The molecule has 2 aromatic heterocycles. The Balaban J connectivity index is 1.32. The zero-order valence-corrected chi connectivity index (χ0v) is 17.0.